The number of amides is 1. The van der Waals surface area contributed by atoms with E-state index in [2.05, 4.69) is 0 Å². The van der Waals surface area contributed by atoms with Crippen LogP contribution in [0.1, 0.15) is 37.0 Å². The molecule has 0 aromatic carbocycles. The van der Waals surface area contributed by atoms with E-state index in [1.807, 2.05) is 17.5 Å². The van der Waals surface area contributed by atoms with Crippen LogP contribution in [-0.2, 0) is 19.1 Å². The van der Waals surface area contributed by atoms with Crippen molar-refractivity contribution in [2.75, 3.05) is 7.05 Å². The Morgan fingerprint density at radius 2 is 1.91 bits per heavy atom. The number of hydrogen-bond donors (Lipinski definition) is 0. The highest BCUT2D eigenvalue weighted by Gasteiger charge is 2.71. The zero-order chi connectivity index (χ0) is 16.2. The Bertz CT molecular complexity index is 730. The molecule has 2 spiro atoms. The molecule has 0 radical (unpaired) electrons. The first-order chi connectivity index (χ1) is 11.0. The molecule has 5 nitrogen and oxygen atoms in total. The molecule has 3 heterocycles. The molecule has 23 heavy (non-hydrogen) atoms. The van der Waals surface area contributed by atoms with Gasteiger partial charge in [0.2, 0.25) is 5.78 Å². The number of esters is 1. The number of likely N-dealkylation sites (N-methyl/N-ethyl adjacent to an activating group) is 1. The van der Waals surface area contributed by atoms with Gasteiger partial charge in [-0.1, -0.05) is 25.3 Å². The summed E-state index contributed by atoms with van der Waals surface area (Å²) < 4.78 is 5.40. The van der Waals surface area contributed by atoms with Crippen LogP contribution < -0.4 is 0 Å². The molecular weight excluding hydrogens is 314 g/mol. The Morgan fingerprint density at radius 3 is 2.57 bits per heavy atom. The van der Waals surface area contributed by atoms with Crippen LogP contribution in [0.2, 0.25) is 0 Å². The highest BCUT2D eigenvalue weighted by atomic mass is 32.1. The Kier molecular flexibility index (Phi) is 3.04. The fraction of sp³-hybridized carbons (Fsp3) is 0.471. The van der Waals surface area contributed by atoms with Gasteiger partial charge in [0.25, 0.3) is 11.5 Å². The van der Waals surface area contributed by atoms with E-state index in [4.69, 9.17) is 4.74 Å². The largest absolute Gasteiger partial charge is 0.432 e. The minimum atomic E-state index is -1.77. The van der Waals surface area contributed by atoms with Crippen molar-refractivity contribution in [2.24, 2.45) is 0 Å². The fourth-order valence-corrected chi connectivity index (χ4v) is 4.96. The number of ether oxygens (including phenoxy) is 1. The molecule has 120 valence electrons. The van der Waals surface area contributed by atoms with Crippen molar-refractivity contribution in [1.29, 1.82) is 0 Å². The summed E-state index contributed by atoms with van der Waals surface area (Å²) in [6.07, 6.45) is 5.47. The Labute approximate surface area is 137 Å². The quantitative estimate of drug-likeness (QED) is 0.584. The standard InChI is InChI=1S/C17H17NO4S/c1-18-15(21)17(14(20)16(18)7-3-2-4-8-16)11(10-13(19)22-17)12-6-5-9-23-12/h5-6,9-10H,2-4,7-8H2,1H3. The van der Waals surface area contributed by atoms with Gasteiger partial charge in [-0.05, 0) is 24.3 Å². The number of nitrogens with zero attached hydrogens (tertiary/aromatic N) is 1. The van der Waals surface area contributed by atoms with E-state index < -0.39 is 23.0 Å². The number of Topliss-reactive ketones (excluding diaryl/α,β-unsaturated/α-hetero) is 1. The number of likely N-dealkylation sites (tertiary alicyclic amines) is 1. The third kappa shape index (κ3) is 1.70. The molecule has 0 N–H and O–H groups in total. The van der Waals surface area contributed by atoms with E-state index >= 15 is 0 Å². The maximum Gasteiger partial charge on any atom is 0.333 e. The number of carbonyl (C=O) groups excluding carboxylic acids is 3. The second kappa shape index (κ2) is 4.77. The molecule has 1 aliphatic carbocycles. The summed E-state index contributed by atoms with van der Waals surface area (Å²) in [5.74, 6) is -1.28. The van der Waals surface area contributed by atoms with Crippen LogP contribution in [0.4, 0.5) is 0 Å². The van der Waals surface area contributed by atoms with Crippen molar-refractivity contribution in [3.63, 3.8) is 0 Å². The van der Waals surface area contributed by atoms with Crippen molar-refractivity contribution in [1.82, 2.24) is 4.90 Å². The van der Waals surface area contributed by atoms with E-state index in [-0.39, 0.29) is 5.78 Å². The SMILES string of the molecule is CN1C(=O)C2(OC(=O)C=C2c2cccs2)C(=O)C12CCCCC2. The van der Waals surface area contributed by atoms with Gasteiger partial charge in [-0.25, -0.2) is 4.79 Å². The lowest BCUT2D eigenvalue weighted by molar-refractivity contribution is -0.159. The minimum Gasteiger partial charge on any atom is -0.432 e. The summed E-state index contributed by atoms with van der Waals surface area (Å²) in [5.41, 5.74) is -2.19. The average molecular weight is 331 g/mol. The summed E-state index contributed by atoms with van der Waals surface area (Å²) in [6, 6.07) is 3.65. The third-order valence-corrected chi connectivity index (χ3v) is 6.26. The van der Waals surface area contributed by atoms with Crippen LogP contribution in [0.25, 0.3) is 5.57 Å². The molecule has 6 heteroatoms. The molecule has 1 unspecified atom stereocenters. The summed E-state index contributed by atoms with van der Waals surface area (Å²) in [6.45, 7) is 0. The van der Waals surface area contributed by atoms with E-state index in [0.29, 0.717) is 18.4 Å². The first kappa shape index (κ1) is 14.6. The van der Waals surface area contributed by atoms with Gasteiger partial charge in [-0.3, -0.25) is 9.59 Å². The predicted octanol–water partition coefficient (Wildman–Crippen LogP) is 2.17. The van der Waals surface area contributed by atoms with Crippen LogP contribution in [0.3, 0.4) is 0 Å². The average Bonchev–Trinajstić information content (AvgIpc) is 3.23. The molecule has 1 saturated carbocycles. The molecule has 2 aliphatic heterocycles. The van der Waals surface area contributed by atoms with Crippen molar-refractivity contribution in [3.8, 4) is 0 Å². The molecule has 1 atom stereocenters. The third-order valence-electron chi connectivity index (χ3n) is 5.35. The summed E-state index contributed by atoms with van der Waals surface area (Å²) in [4.78, 5) is 40.7. The van der Waals surface area contributed by atoms with Gasteiger partial charge in [0.05, 0.1) is 0 Å². The van der Waals surface area contributed by atoms with E-state index in [1.54, 1.807) is 7.05 Å². The van der Waals surface area contributed by atoms with Gasteiger partial charge in [0.1, 0.15) is 5.54 Å². The van der Waals surface area contributed by atoms with E-state index in [1.165, 1.54) is 22.3 Å². The fourth-order valence-electron chi connectivity index (χ4n) is 4.17. The molecule has 0 bridgehead atoms. The molecule has 1 aromatic rings. The molecular formula is C17H17NO4S. The minimum absolute atomic E-state index is 0.261. The number of carbonyl (C=O) groups is 3. The zero-order valence-corrected chi connectivity index (χ0v) is 13.6. The molecule has 2 fully saturated rings. The molecule has 1 saturated heterocycles. The Balaban J connectivity index is 1.87. The lowest BCUT2D eigenvalue weighted by Crippen LogP contribution is -2.50. The topological polar surface area (TPSA) is 63.7 Å². The van der Waals surface area contributed by atoms with Gasteiger partial charge in [-0.15, -0.1) is 11.3 Å². The Morgan fingerprint density at radius 1 is 1.17 bits per heavy atom. The molecule has 4 rings (SSSR count). The molecule has 1 aromatic heterocycles. The normalized spacial score (nSPS) is 29.5. The number of thiophene rings is 1. The van der Waals surface area contributed by atoms with Crippen LogP contribution in [0.15, 0.2) is 23.6 Å². The highest BCUT2D eigenvalue weighted by molar-refractivity contribution is 7.11. The monoisotopic (exact) mass is 331 g/mol. The highest BCUT2D eigenvalue weighted by Crippen LogP contribution is 2.51. The summed E-state index contributed by atoms with van der Waals surface area (Å²) in [7, 11) is 1.67. The van der Waals surface area contributed by atoms with Crippen molar-refractivity contribution in [2.45, 2.75) is 43.2 Å². The van der Waals surface area contributed by atoms with Gasteiger partial charge < -0.3 is 9.64 Å². The van der Waals surface area contributed by atoms with E-state index in [0.717, 1.165) is 24.1 Å². The second-order valence-corrected chi connectivity index (χ2v) is 7.37. The Hall–Kier alpha value is -1.95. The predicted molar refractivity (Wildman–Crippen MR) is 84.7 cm³/mol. The van der Waals surface area contributed by atoms with E-state index in [9.17, 15) is 14.4 Å². The van der Waals surface area contributed by atoms with Gasteiger partial charge in [0.15, 0.2) is 0 Å². The zero-order valence-electron chi connectivity index (χ0n) is 12.8. The second-order valence-electron chi connectivity index (χ2n) is 6.42. The first-order valence-electron chi connectivity index (χ1n) is 7.84. The van der Waals surface area contributed by atoms with Crippen LogP contribution in [0.5, 0.6) is 0 Å². The van der Waals surface area contributed by atoms with Crippen LogP contribution in [0, 0.1) is 0 Å². The number of hydrogen-bond acceptors (Lipinski definition) is 5. The maximum atomic E-state index is 13.4. The first-order valence-corrected chi connectivity index (χ1v) is 8.72. The smallest absolute Gasteiger partial charge is 0.333 e. The maximum absolute atomic E-state index is 13.4. The number of ketones is 1. The van der Waals surface area contributed by atoms with Crippen molar-refractivity contribution >= 4 is 34.6 Å². The molecule has 3 aliphatic rings. The lowest BCUT2D eigenvalue weighted by Gasteiger charge is -2.37. The van der Waals surface area contributed by atoms with Gasteiger partial charge in [-0.2, -0.15) is 0 Å². The molecule has 1 amide bonds. The number of rotatable bonds is 1. The van der Waals surface area contributed by atoms with Gasteiger partial charge >= 0.3 is 5.97 Å². The lowest BCUT2D eigenvalue weighted by atomic mass is 9.74. The summed E-state index contributed by atoms with van der Waals surface area (Å²) >= 11 is 1.40. The van der Waals surface area contributed by atoms with Crippen LogP contribution in [-0.4, -0.2) is 40.7 Å². The van der Waals surface area contributed by atoms with Crippen LogP contribution >= 0.6 is 11.3 Å². The summed E-state index contributed by atoms with van der Waals surface area (Å²) in [5, 5.41) is 1.86. The van der Waals surface area contributed by atoms with Crippen molar-refractivity contribution < 1.29 is 19.1 Å². The van der Waals surface area contributed by atoms with Gasteiger partial charge in [0, 0.05) is 23.6 Å². The van der Waals surface area contributed by atoms with Crippen molar-refractivity contribution in [3.05, 3.63) is 28.5 Å².